The minimum absolute atomic E-state index is 0.823. The normalized spacial score (nSPS) is 16.1. The van der Waals surface area contributed by atoms with Crippen molar-refractivity contribution in [2.24, 2.45) is 5.92 Å². The van der Waals surface area contributed by atoms with E-state index in [1.54, 1.807) is 6.33 Å². The number of nitrogens with one attached hydrogen (secondary N) is 2. The molecule has 5 heteroatoms. The molecule has 0 unspecified atom stereocenters. The number of hydrogen-bond donors (Lipinski definition) is 2. The van der Waals surface area contributed by atoms with Crippen molar-refractivity contribution < 1.29 is 0 Å². The van der Waals surface area contributed by atoms with Gasteiger partial charge in [-0.25, -0.2) is 9.97 Å². The number of aromatic nitrogens is 2. The van der Waals surface area contributed by atoms with Crippen LogP contribution in [0.5, 0.6) is 0 Å². The van der Waals surface area contributed by atoms with Crippen LogP contribution in [0, 0.1) is 5.92 Å². The molecule has 1 aliphatic carbocycles. The van der Waals surface area contributed by atoms with Gasteiger partial charge in [-0.15, -0.1) is 0 Å². The van der Waals surface area contributed by atoms with E-state index in [4.69, 9.17) is 0 Å². The molecule has 17 heavy (non-hydrogen) atoms. The SMILES string of the molecule is CNc1ncnc(NCCC2CCCC2)c1Br. The molecule has 0 aromatic carbocycles. The van der Waals surface area contributed by atoms with Gasteiger partial charge in [0.05, 0.1) is 0 Å². The third kappa shape index (κ3) is 3.31. The van der Waals surface area contributed by atoms with Gasteiger partial charge in [-0.1, -0.05) is 25.7 Å². The Bertz CT molecular complexity index is 364. The summed E-state index contributed by atoms with van der Waals surface area (Å²) < 4.78 is 0.911. The molecule has 1 aromatic heterocycles. The summed E-state index contributed by atoms with van der Waals surface area (Å²) in [5, 5.41) is 6.41. The van der Waals surface area contributed by atoms with Crippen LogP contribution in [0.15, 0.2) is 10.8 Å². The van der Waals surface area contributed by atoms with E-state index < -0.39 is 0 Å². The minimum Gasteiger partial charge on any atom is -0.372 e. The van der Waals surface area contributed by atoms with Gasteiger partial charge in [0.15, 0.2) is 0 Å². The molecule has 1 aliphatic rings. The van der Waals surface area contributed by atoms with E-state index in [9.17, 15) is 0 Å². The monoisotopic (exact) mass is 298 g/mol. The summed E-state index contributed by atoms with van der Waals surface area (Å²) in [5.74, 6) is 2.61. The first-order valence-electron chi connectivity index (χ1n) is 6.23. The number of anilines is 2. The van der Waals surface area contributed by atoms with E-state index in [2.05, 4.69) is 36.5 Å². The fourth-order valence-electron chi connectivity index (χ4n) is 2.36. The summed E-state index contributed by atoms with van der Waals surface area (Å²) in [7, 11) is 1.86. The van der Waals surface area contributed by atoms with Crippen LogP contribution in [-0.4, -0.2) is 23.6 Å². The van der Waals surface area contributed by atoms with Crippen molar-refractivity contribution in [1.29, 1.82) is 0 Å². The highest BCUT2D eigenvalue weighted by Crippen LogP contribution is 2.29. The van der Waals surface area contributed by atoms with Gasteiger partial charge in [-0.05, 0) is 28.3 Å². The minimum atomic E-state index is 0.823. The largest absolute Gasteiger partial charge is 0.372 e. The van der Waals surface area contributed by atoms with E-state index in [1.165, 1.54) is 32.1 Å². The van der Waals surface area contributed by atoms with Crippen LogP contribution in [0.25, 0.3) is 0 Å². The van der Waals surface area contributed by atoms with Gasteiger partial charge in [0.2, 0.25) is 0 Å². The molecule has 4 nitrogen and oxygen atoms in total. The lowest BCUT2D eigenvalue weighted by atomic mass is 10.0. The lowest BCUT2D eigenvalue weighted by molar-refractivity contribution is 0.518. The molecule has 0 spiro atoms. The summed E-state index contributed by atoms with van der Waals surface area (Å²) in [5.41, 5.74) is 0. The predicted octanol–water partition coefficient (Wildman–Crippen LogP) is 3.27. The van der Waals surface area contributed by atoms with Crippen LogP contribution in [0.4, 0.5) is 11.6 Å². The Morgan fingerprint density at radius 1 is 1.29 bits per heavy atom. The Kier molecular flexibility index (Phi) is 4.59. The molecular formula is C12H19BrN4. The van der Waals surface area contributed by atoms with E-state index in [0.717, 1.165) is 28.6 Å². The molecule has 1 fully saturated rings. The average molecular weight is 299 g/mol. The zero-order valence-electron chi connectivity index (χ0n) is 10.2. The Morgan fingerprint density at radius 2 is 2.00 bits per heavy atom. The molecule has 0 bridgehead atoms. The second kappa shape index (κ2) is 6.19. The van der Waals surface area contributed by atoms with E-state index in [1.807, 2.05) is 7.05 Å². The molecule has 0 atom stereocenters. The molecule has 1 aromatic rings. The maximum Gasteiger partial charge on any atom is 0.145 e. The third-order valence-corrected chi connectivity index (χ3v) is 4.10. The zero-order valence-corrected chi connectivity index (χ0v) is 11.8. The average Bonchev–Trinajstić information content (AvgIpc) is 2.84. The standard InChI is InChI=1S/C12H19BrN4/c1-14-11-10(13)12(17-8-16-11)15-7-6-9-4-2-3-5-9/h8-9H,2-7H2,1H3,(H2,14,15,16,17). The molecule has 1 heterocycles. The lowest BCUT2D eigenvalue weighted by Gasteiger charge is -2.12. The second-order valence-corrected chi connectivity index (χ2v) is 5.29. The lowest BCUT2D eigenvalue weighted by Crippen LogP contribution is -2.09. The van der Waals surface area contributed by atoms with Gasteiger partial charge < -0.3 is 10.6 Å². The Balaban J connectivity index is 1.85. The fraction of sp³-hybridized carbons (Fsp3) is 0.667. The third-order valence-electron chi connectivity index (χ3n) is 3.35. The van der Waals surface area contributed by atoms with Gasteiger partial charge in [0, 0.05) is 13.6 Å². The molecule has 2 rings (SSSR count). The molecule has 0 radical (unpaired) electrons. The van der Waals surface area contributed by atoms with Gasteiger partial charge in [0.1, 0.15) is 22.4 Å². The first kappa shape index (κ1) is 12.6. The predicted molar refractivity (Wildman–Crippen MR) is 74.3 cm³/mol. The Labute approximate surface area is 111 Å². The molecule has 94 valence electrons. The van der Waals surface area contributed by atoms with Crippen molar-refractivity contribution in [2.75, 3.05) is 24.2 Å². The van der Waals surface area contributed by atoms with Crippen molar-refractivity contribution in [2.45, 2.75) is 32.1 Å². The highest BCUT2D eigenvalue weighted by atomic mass is 79.9. The summed E-state index contributed by atoms with van der Waals surface area (Å²) in [4.78, 5) is 8.38. The van der Waals surface area contributed by atoms with Crippen LogP contribution < -0.4 is 10.6 Å². The van der Waals surface area contributed by atoms with Crippen molar-refractivity contribution in [1.82, 2.24) is 9.97 Å². The van der Waals surface area contributed by atoms with Crippen LogP contribution >= 0.6 is 15.9 Å². The van der Waals surface area contributed by atoms with E-state index in [-0.39, 0.29) is 0 Å². The van der Waals surface area contributed by atoms with Crippen LogP contribution in [0.2, 0.25) is 0 Å². The van der Waals surface area contributed by atoms with E-state index >= 15 is 0 Å². The fourth-order valence-corrected chi connectivity index (χ4v) is 2.90. The van der Waals surface area contributed by atoms with Crippen LogP contribution in [0.1, 0.15) is 32.1 Å². The Morgan fingerprint density at radius 3 is 2.71 bits per heavy atom. The molecule has 2 N–H and O–H groups in total. The Hall–Kier alpha value is -0.840. The van der Waals surface area contributed by atoms with Gasteiger partial charge in [-0.3, -0.25) is 0 Å². The van der Waals surface area contributed by atoms with Crippen LogP contribution in [-0.2, 0) is 0 Å². The van der Waals surface area contributed by atoms with Gasteiger partial charge in [0.25, 0.3) is 0 Å². The number of halogens is 1. The molecule has 0 aliphatic heterocycles. The second-order valence-electron chi connectivity index (χ2n) is 4.50. The van der Waals surface area contributed by atoms with Gasteiger partial charge >= 0.3 is 0 Å². The maximum absolute atomic E-state index is 4.24. The van der Waals surface area contributed by atoms with Crippen molar-refractivity contribution in [3.05, 3.63) is 10.8 Å². The van der Waals surface area contributed by atoms with Crippen molar-refractivity contribution in [3.63, 3.8) is 0 Å². The number of rotatable bonds is 5. The molecule has 0 saturated heterocycles. The maximum atomic E-state index is 4.24. The summed E-state index contributed by atoms with van der Waals surface area (Å²) >= 11 is 3.51. The molecular weight excluding hydrogens is 280 g/mol. The van der Waals surface area contributed by atoms with Crippen molar-refractivity contribution >= 4 is 27.6 Å². The van der Waals surface area contributed by atoms with E-state index in [0.29, 0.717) is 0 Å². The first-order chi connectivity index (χ1) is 8.31. The highest BCUT2D eigenvalue weighted by molar-refractivity contribution is 9.10. The molecule has 1 saturated carbocycles. The highest BCUT2D eigenvalue weighted by Gasteiger charge is 2.14. The van der Waals surface area contributed by atoms with Crippen molar-refractivity contribution in [3.8, 4) is 0 Å². The smallest absolute Gasteiger partial charge is 0.145 e. The number of hydrogen-bond acceptors (Lipinski definition) is 4. The van der Waals surface area contributed by atoms with Crippen LogP contribution in [0.3, 0.4) is 0 Å². The topological polar surface area (TPSA) is 49.8 Å². The summed E-state index contributed by atoms with van der Waals surface area (Å²) in [6, 6.07) is 0. The summed E-state index contributed by atoms with van der Waals surface area (Å²) in [6.45, 7) is 0.990. The summed E-state index contributed by atoms with van der Waals surface area (Å²) in [6.07, 6.45) is 8.43. The first-order valence-corrected chi connectivity index (χ1v) is 7.02. The zero-order chi connectivity index (χ0) is 12.1. The quantitative estimate of drug-likeness (QED) is 0.876. The van der Waals surface area contributed by atoms with Gasteiger partial charge in [-0.2, -0.15) is 0 Å². The number of nitrogens with zero attached hydrogens (tertiary/aromatic N) is 2. The molecule has 0 amide bonds.